The lowest BCUT2D eigenvalue weighted by Crippen LogP contribution is -2.47. The fourth-order valence-electron chi connectivity index (χ4n) is 0.877. The van der Waals surface area contributed by atoms with Gasteiger partial charge >= 0.3 is 12.2 Å². The Morgan fingerprint density at radius 3 is 1.80 bits per heavy atom. The molecule has 0 radical (unpaired) electrons. The van der Waals surface area contributed by atoms with Gasteiger partial charge in [-0.05, 0) is 19.9 Å². The smallest absolute Gasteiger partial charge is 0.334 e. The summed E-state index contributed by atoms with van der Waals surface area (Å²) < 4.78 is 70.7. The molecule has 0 unspecified atom stereocenters. The van der Waals surface area contributed by atoms with E-state index >= 15 is 0 Å². The zero-order chi connectivity index (χ0) is 15.9. The molecular formula is C9H14ClF4NO4S. The standard InChI is InChI=1S/C7H13NO4S.C2F4.ClH/c1-4-6(9)8-7(2,3)5-13(10,11)12;3-1(4)2(5)6;/h4H,1,5H2,2-3H3,(H,8,9)(H,10,11,12);;1H. The molecule has 0 heterocycles. The SMILES string of the molecule is C=CC(=O)NC(C)(C)CS(=O)(=O)O.Cl.FC(F)=C(F)F. The van der Waals surface area contributed by atoms with Crippen LogP contribution in [0.25, 0.3) is 0 Å². The van der Waals surface area contributed by atoms with Crippen molar-refractivity contribution in [3.63, 3.8) is 0 Å². The fourth-order valence-corrected chi connectivity index (χ4v) is 1.86. The second-order valence-electron chi connectivity index (χ2n) is 3.82. The van der Waals surface area contributed by atoms with E-state index in [1.54, 1.807) is 0 Å². The molecule has 0 aromatic heterocycles. The lowest BCUT2D eigenvalue weighted by molar-refractivity contribution is -0.117. The number of nitrogens with one attached hydrogen (secondary N) is 1. The molecule has 120 valence electrons. The van der Waals surface area contributed by atoms with Gasteiger partial charge in [0, 0.05) is 0 Å². The second kappa shape index (κ2) is 9.72. The summed E-state index contributed by atoms with van der Waals surface area (Å²) in [4.78, 5) is 10.8. The lowest BCUT2D eigenvalue weighted by atomic mass is 10.1. The minimum Gasteiger partial charge on any atom is -0.347 e. The highest BCUT2D eigenvalue weighted by molar-refractivity contribution is 7.85. The Morgan fingerprint density at radius 2 is 1.60 bits per heavy atom. The molecule has 0 bridgehead atoms. The van der Waals surface area contributed by atoms with Crippen LogP contribution in [0, 0.1) is 0 Å². The molecule has 0 atom stereocenters. The Labute approximate surface area is 119 Å². The minimum absolute atomic E-state index is 0. The summed E-state index contributed by atoms with van der Waals surface area (Å²) in [5.74, 6) is -1.01. The van der Waals surface area contributed by atoms with Gasteiger partial charge in [-0.3, -0.25) is 9.35 Å². The van der Waals surface area contributed by atoms with Crippen LogP contribution in [0.4, 0.5) is 17.6 Å². The molecule has 0 spiro atoms. The van der Waals surface area contributed by atoms with Crippen LogP contribution in [0.1, 0.15) is 13.8 Å². The highest BCUT2D eigenvalue weighted by Gasteiger charge is 2.25. The molecule has 0 aliphatic rings. The lowest BCUT2D eigenvalue weighted by Gasteiger charge is -2.23. The zero-order valence-electron chi connectivity index (χ0n) is 10.5. The van der Waals surface area contributed by atoms with Gasteiger partial charge in [-0.2, -0.15) is 26.0 Å². The minimum atomic E-state index is -4.08. The molecule has 5 nitrogen and oxygen atoms in total. The van der Waals surface area contributed by atoms with E-state index in [1.165, 1.54) is 13.8 Å². The Balaban J connectivity index is -0.000000352. The van der Waals surface area contributed by atoms with Gasteiger partial charge in [0.25, 0.3) is 10.1 Å². The third-order valence-corrected chi connectivity index (χ3v) is 2.42. The van der Waals surface area contributed by atoms with Crippen molar-refractivity contribution < 1.29 is 35.3 Å². The summed E-state index contributed by atoms with van der Waals surface area (Å²) in [6.07, 6.45) is -4.78. The predicted molar refractivity (Wildman–Crippen MR) is 67.5 cm³/mol. The highest BCUT2D eigenvalue weighted by atomic mass is 35.5. The van der Waals surface area contributed by atoms with Crippen LogP contribution in [-0.2, 0) is 14.9 Å². The van der Waals surface area contributed by atoms with Crippen LogP contribution in [0.2, 0.25) is 0 Å². The van der Waals surface area contributed by atoms with Gasteiger partial charge in [0.05, 0.1) is 11.3 Å². The summed E-state index contributed by atoms with van der Waals surface area (Å²) in [5.41, 5.74) is -1.00. The third-order valence-electron chi connectivity index (χ3n) is 1.33. The van der Waals surface area contributed by atoms with E-state index in [0.29, 0.717) is 0 Å². The van der Waals surface area contributed by atoms with Crippen LogP contribution in [0.3, 0.4) is 0 Å². The molecule has 0 aromatic rings. The number of amides is 1. The third kappa shape index (κ3) is 16.9. The van der Waals surface area contributed by atoms with Crippen molar-refractivity contribution in [2.24, 2.45) is 0 Å². The topological polar surface area (TPSA) is 83.5 Å². The van der Waals surface area contributed by atoms with Crippen LogP contribution in [0.15, 0.2) is 24.8 Å². The maximum atomic E-state index is 10.8. The van der Waals surface area contributed by atoms with E-state index in [9.17, 15) is 30.8 Å². The van der Waals surface area contributed by atoms with Crippen molar-refractivity contribution in [3.05, 3.63) is 24.8 Å². The molecule has 0 saturated heterocycles. The number of halogens is 5. The normalized spacial score (nSPS) is 10.3. The molecule has 0 rings (SSSR count). The summed E-state index contributed by atoms with van der Waals surface area (Å²) in [5, 5.41) is 2.37. The Hall–Kier alpha value is -1.13. The molecule has 0 aromatic carbocycles. The number of hydrogen-bond acceptors (Lipinski definition) is 3. The molecule has 20 heavy (non-hydrogen) atoms. The van der Waals surface area contributed by atoms with Crippen LogP contribution < -0.4 is 5.32 Å². The molecule has 11 heteroatoms. The average molecular weight is 344 g/mol. The van der Waals surface area contributed by atoms with Crippen molar-refractivity contribution >= 4 is 28.4 Å². The second-order valence-corrected chi connectivity index (χ2v) is 5.28. The summed E-state index contributed by atoms with van der Waals surface area (Å²) in [6.45, 7) is 6.19. The monoisotopic (exact) mass is 343 g/mol. The van der Waals surface area contributed by atoms with Crippen molar-refractivity contribution in [3.8, 4) is 0 Å². The molecular weight excluding hydrogens is 330 g/mol. The first kappa shape index (κ1) is 23.9. The molecule has 2 N–H and O–H groups in total. The summed E-state index contributed by atoms with van der Waals surface area (Å²) in [7, 11) is -4.08. The van der Waals surface area contributed by atoms with Gasteiger partial charge < -0.3 is 5.32 Å². The van der Waals surface area contributed by atoms with Gasteiger partial charge in [0.2, 0.25) is 5.91 Å². The van der Waals surface area contributed by atoms with Crippen molar-refractivity contribution in [1.29, 1.82) is 0 Å². The van der Waals surface area contributed by atoms with E-state index in [4.69, 9.17) is 4.55 Å². The van der Waals surface area contributed by atoms with E-state index in [2.05, 4.69) is 11.9 Å². The van der Waals surface area contributed by atoms with Gasteiger partial charge in [0.15, 0.2) is 0 Å². The summed E-state index contributed by atoms with van der Waals surface area (Å²) >= 11 is 0. The molecule has 1 amide bonds. The van der Waals surface area contributed by atoms with E-state index in [-0.39, 0.29) is 12.4 Å². The van der Waals surface area contributed by atoms with Crippen molar-refractivity contribution in [2.45, 2.75) is 19.4 Å². The maximum absolute atomic E-state index is 10.8. The highest BCUT2D eigenvalue weighted by Crippen LogP contribution is 2.08. The molecule has 0 aliphatic heterocycles. The Kier molecular flexibility index (Phi) is 11.6. The zero-order valence-corrected chi connectivity index (χ0v) is 12.1. The van der Waals surface area contributed by atoms with Crippen LogP contribution in [0.5, 0.6) is 0 Å². The van der Waals surface area contributed by atoms with E-state index in [1.807, 2.05) is 0 Å². The molecule has 0 saturated carbocycles. The Morgan fingerprint density at radius 1 is 1.25 bits per heavy atom. The fraction of sp³-hybridized carbons (Fsp3) is 0.444. The Bertz CT molecular complexity index is 447. The molecule has 0 fully saturated rings. The van der Waals surface area contributed by atoms with Gasteiger partial charge in [-0.25, -0.2) is 0 Å². The van der Waals surface area contributed by atoms with E-state index in [0.717, 1.165) is 6.08 Å². The van der Waals surface area contributed by atoms with Gasteiger partial charge in [-0.1, -0.05) is 6.58 Å². The van der Waals surface area contributed by atoms with Crippen molar-refractivity contribution in [2.75, 3.05) is 5.75 Å². The quantitative estimate of drug-likeness (QED) is 0.466. The average Bonchev–Trinajstić information content (AvgIpc) is 2.13. The molecule has 0 aliphatic carbocycles. The number of rotatable bonds is 4. The van der Waals surface area contributed by atoms with Crippen LogP contribution in [-0.4, -0.2) is 30.2 Å². The predicted octanol–water partition coefficient (Wildman–Crippen LogP) is 2.37. The van der Waals surface area contributed by atoms with E-state index < -0.39 is 39.5 Å². The van der Waals surface area contributed by atoms with Gasteiger partial charge in [0.1, 0.15) is 0 Å². The largest absolute Gasteiger partial charge is 0.347 e. The maximum Gasteiger partial charge on any atom is 0.334 e. The first-order valence-corrected chi connectivity index (χ1v) is 6.17. The van der Waals surface area contributed by atoms with Gasteiger partial charge in [-0.15, -0.1) is 12.4 Å². The van der Waals surface area contributed by atoms with Crippen molar-refractivity contribution in [1.82, 2.24) is 5.32 Å². The number of carbonyl (C=O) groups excluding carboxylic acids is 1. The first-order chi connectivity index (χ1) is 8.30. The summed E-state index contributed by atoms with van der Waals surface area (Å²) in [6, 6.07) is 0. The van der Waals surface area contributed by atoms with Crippen LogP contribution >= 0.6 is 12.4 Å². The number of carbonyl (C=O) groups is 1. The number of hydrogen-bond donors (Lipinski definition) is 2. The first-order valence-electron chi connectivity index (χ1n) is 4.57.